The minimum Gasteiger partial charge on any atom is -0.325 e. The molecule has 2 rings (SSSR count). The molecule has 1 aliphatic rings. The summed E-state index contributed by atoms with van der Waals surface area (Å²) in [5.41, 5.74) is 0.547. The van der Waals surface area contributed by atoms with Crippen molar-refractivity contribution in [3.05, 3.63) is 23.2 Å². The van der Waals surface area contributed by atoms with Crippen LogP contribution in [0.3, 0.4) is 0 Å². The molecule has 0 spiro atoms. The average molecular weight is 335 g/mol. The molecule has 0 bridgehead atoms. The van der Waals surface area contributed by atoms with Crippen LogP contribution >= 0.6 is 11.6 Å². The van der Waals surface area contributed by atoms with Crippen LogP contribution in [0.15, 0.2) is 18.2 Å². The van der Waals surface area contributed by atoms with E-state index >= 15 is 0 Å². The quantitative estimate of drug-likeness (QED) is 0.853. The minimum absolute atomic E-state index is 0.244. The zero-order chi connectivity index (χ0) is 15.8. The van der Waals surface area contributed by atoms with Gasteiger partial charge in [0.05, 0.1) is 11.4 Å². The number of amides is 2. The summed E-state index contributed by atoms with van der Waals surface area (Å²) in [7, 11) is -4.81. The molecule has 1 aromatic carbocycles. The predicted octanol–water partition coefficient (Wildman–Crippen LogP) is 1.70. The van der Waals surface area contributed by atoms with Crippen molar-refractivity contribution in [1.82, 2.24) is 0 Å². The second-order valence-corrected chi connectivity index (χ2v) is 6.70. The SMILES string of the molecule is CC(=O)Nc1ccc(Cl)cc1N1CC(S(=O)(=O)F)CC1=O. The van der Waals surface area contributed by atoms with E-state index in [1.165, 1.54) is 25.1 Å². The van der Waals surface area contributed by atoms with Gasteiger partial charge < -0.3 is 10.2 Å². The monoisotopic (exact) mass is 334 g/mol. The normalized spacial score (nSPS) is 18.9. The topological polar surface area (TPSA) is 83.6 Å². The number of rotatable bonds is 3. The number of hydrogen-bond acceptors (Lipinski definition) is 4. The van der Waals surface area contributed by atoms with Gasteiger partial charge in [-0.3, -0.25) is 9.59 Å². The van der Waals surface area contributed by atoms with Crippen molar-refractivity contribution in [2.24, 2.45) is 0 Å². The first-order chi connectivity index (χ1) is 9.68. The Morgan fingerprint density at radius 3 is 2.67 bits per heavy atom. The standard InChI is InChI=1S/C12H12ClFN2O4S/c1-7(17)15-10-3-2-8(13)4-11(10)16-6-9(5-12(16)18)21(14,19)20/h2-4,9H,5-6H2,1H3,(H,15,17). The summed E-state index contributed by atoms with van der Waals surface area (Å²) in [6.07, 6.45) is -0.440. The predicted molar refractivity (Wildman–Crippen MR) is 76.5 cm³/mol. The molecule has 1 saturated heterocycles. The maximum absolute atomic E-state index is 13.0. The fourth-order valence-electron chi connectivity index (χ4n) is 2.12. The van der Waals surface area contributed by atoms with Crippen molar-refractivity contribution >= 4 is 45.0 Å². The number of halogens is 2. The van der Waals surface area contributed by atoms with Gasteiger partial charge >= 0.3 is 10.2 Å². The van der Waals surface area contributed by atoms with Crippen LogP contribution < -0.4 is 10.2 Å². The summed E-state index contributed by atoms with van der Waals surface area (Å²) < 4.78 is 34.9. The molecule has 1 N–H and O–H groups in total. The number of carbonyl (C=O) groups excluding carboxylic acids is 2. The summed E-state index contributed by atoms with van der Waals surface area (Å²) in [6.45, 7) is 0.976. The highest BCUT2D eigenvalue weighted by Crippen LogP contribution is 2.34. The molecule has 2 amide bonds. The molecule has 21 heavy (non-hydrogen) atoms. The van der Waals surface area contributed by atoms with Crippen molar-refractivity contribution in [3.8, 4) is 0 Å². The van der Waals surface area contributed by atoms with E-state index in [1.54, 1.807) is 0 Å². The number of nitrogens with zero attached hydrogens (tertiary/aromatic N) is 1. The van der Waals surface area contributed by atoms with Crippen molar-refractivity contribution in [2.45, 2.75) is 18.6 Å². The van der Waals surface area contributed by atoms with Crippen LogP contribution in [0.4, 0.5) is 15.3 Å². The van der Waals surface area contributed by atoms with Crippen LogP contribution in [0, 0.1) is 0 Å². The molecular formula is C12H12ClFN2O4S. The Morgan fingerprint density at radius 1 is 1.48 bits per heavy atom. The van der Waals surface area contributed by atoms with Crippen LogP contribution in [-0.4, -0.2) is 32.0 Å². The molecule has 1 unspecified atom stereocenters. The maximum atomic E-state index is 13.0. The van der Waals surface area contributed by atoms with Crippen LogP contribution in [0.1, 0.15) is 13.3 Å². The molecule has 1 fully saturated rings. The first-order valence-corrected chi connectivity index (χ1v) is 7.82. The number of nitrogens with one attached hydrogen (secondary N) is 1. The molecule has 1 aromatic rings. The smallest absolute Gasteiger partial charge is 0.307 e. The van der Waals surface area contributed by atoms with Gasteiger partial charge in [0.1, 0.15) is 5.25 Å². The summed E-state index contributed by atoms with van der Waals surface area (Å²) in [5.74, 6) is -0.907. The van der Waals surface area contributed by atoms with Gasteiger partial charge in [-0.2, -0.15) is 8.42 Å². The van der Waals surface area contributed by atoms with E-state index in [9.17, 15) is 21.9 Å². The second-order valence-electron chi connectivity index (χ2n) is 4.65. The highest BCUT2D eigenvalue weighted by molar-refractivity contribution is 7.87. The molecule has 0 aromatic heterocycles. The van der Waals surface area contributed by atoms with Crippen molar-refractivity contribution in [3.63, 3.8) is 0 Å². The third-order valence-corrected chi connectivity index (χ3v) is 4.40. The first-order valence-electron chi connectivity index (χ1n) is 5.99. The molecule has 1 atom stereocenters. The number of benzene rings is 1. The van der Waals surface area contributed by atoms with Crippen LogP contribution in [-0.2, 0) is 19.8 Å². The lowest BCUT2D eigenvalue weighted by atomic mass is 10.2. The molecular weight excluding hydrogens is 323 g/mol. The van der Waals surface area contributed by atoms with Crippen LogP contribution in [0.25, 0.3) is 0 Å². The third-order valence-electron chi connectivity index (χ3n) is 3.05. The molecule has 1 aliphatic heterocycles. The zero-order valence-corrected chi connectivity index (χ0v) is 12.5. The Bertz CT molecular complexity index is 707. The van der Waals surface area contributed by atoms with Crippen molar-refractivity contribution in [1.29, 1.82) is 0 Å². The number of carbonyl (C=O) groups is 2. The van der Waals surface area contributed by atoms with Gasteiger partial charge in [0.15, 0.2) is 0 Å². The average Bonchev–Trinajstić information content (AvgIpc) is 2.73. The summed E-state index contributed by atoms with van der Waals surface area (Å²) >= 11 is 5.86. The summed E-state index contributed by atoms with van der Waals surface area (Å²) in [4.78, 5) is 24.2. The van der Waals surface area contributed by atoms with Crippen molar-refractivity contribution < 1.29 is 21.9 Å². The van der Waals surface area contributed by atoms with Gasteiger partial charge in [-0.1, -0.05) is 11.6 Å². The van der Waals surface area contributed by atoms with Gasteiger partial charge in [-0.05, 0) is 18.2 Å². The van der Waals surface area contributed by atoms with E-state index in [0.717, 1.165) is 4.90 Å². The van der Waals surface area contributed by atoms with Crippen LogP contribution in [0.5, 0.6) is 0 Å². The lowest BCUT2D eigenvalue weighted by Crippen LogP contribution is -2.28. The van der Waals surface area contributed by atoms with E-state index in [1.807, 2.05) is 0 Å². The van der Waals surface area contributed by atoms with Crippen molar-refractivity contribution in [2.75, 3.05) is 16.8 Å². The third kappa shape index (κ3) is 3.51. The fourth-order valence-corrected chi connectivity index (χ4v) is 2.95. The van der Waals surface area contributed by atoms with E-state index in [4.69, 9.17) is 11.6 Å². The number of anilines is 2. The minimum atomic E-state index is -4.81. The molecule has 1 heterocycles. The second kappa shape index (κ2) is 5.61. The van der Waals surface area contributed by atoms with Gasteiger partial charge in [-0.25, -0.2) is 0 Å². The Morgan fingerprint density at radius 2 is 2.14 bits per heavy atom. The zero-order valence-electron chi connectivity index (χ0n) is 11.0. The highest BCUT2D eigenvalue weighted by Gasteiger charge is 2.39. The maximum Gasteiger partial charge on any atom is 0.307 e. The number of hydrogen-bond donors (Lipinski definition) is 1. The highest BCUT2D eigenvalue weighted by atomic mass is 35.5. The van der Waals surface area contributed by atoms with Gasteiger partial charge in [-0.15, -0.1) is 3.89 Å². The Kier molecular flexibility index (Phi) is 4.20. The van der Waals surface area contributed by atoms with E-state index in [0.29, 0.717) is 10.7 Å². The van der Waals surface area contributed by atoms with E-state index < -0.39 is 27.8 Å². The molecule has 114 valence electrons. The van der Waals surface area contributed by atoms with Gasteiger partial charge in [0.25, 0.3) is 0 Å². The van der Waals surface area contributed by atoms with Crippen LogP contribution in [0.2, 0.25) is 5.02 Å². The first kappa shape index (κ1) is 15.7. The van der Waals surface area contributed by atoms with Gasteiger partial charge in [0, 0.05) is 24.9 Å². The van der Waals surface area contributed by atoms with E-state index in [2.05, 4.69) is 5.32 Å². The molecule has 9 heteroatoms. The fraction of sp³-hybridized carbons (Fsp3) is 0.333. The largest absolute Gasteiger partial charge is 0.325 e. The Labute approximate surface area is 126 Å². The van der Waals surface area contributed by atoms with Gasteiger partial charge in [0.2, 0.25) is 11.8 Å². The molecule has 6 nitrogen and oxygen atoms in total. The summed E-state index contributed by atoms with van der Waals surface area (Å²) in [5, 5.41) is 1.41. The lowest BCUT2D eigenvalue weighted by molar-refractivity contribution is -0.117. The molecule has 0 radical (unpaired) electrons. The lowest BCUT2D eigenvalue weighted by Gasteiger charge is -2.20. The molecule has 0 aliphatic carbocycles. The Balaban J connectivity index is 2.39. The summed E-state index contributed by atoms with van der Waals surface area (Å²) in [6, 6.07) is 4.42. The van der Waals surface area contributed by atoms with E-state index in [-0.39, 0.29) is 18.1 Å². The molecule has 0 saturated carbocycles. The Hall–Kier alpha value is -1.67.